The van der Waals surface area contributed by atoms with E-state index >= 15 is 0 Å². The molecule has 0 aliphatic carbocycles. The first-order valence-corrected chi connectivity index (χ1v) is 6.85. The van der Waals surface area contributed by atoms with Crippen LogP contribution in [0, 0.1) is 10.1 Å². The fourth-order valence-electron chi connectivity index (χ4n) is 2.74. The second kappa shape index (κ2) is 6.73. The van der Waals surface area contributed by atoms with Gasteiger partial charge in [-0.25, -0.2) is 0 Å². The molecular formula is C14H20N2O5. The summed E-state index contributed by atoms with van der Waals surface area (Å²) >= 11 is 0. The van der Waals surface area contributed by atoms with Gasteiger partial charge in [0.05, 0.1) is 31.8 Å². The van der Waals surface area contributed by atoms with Gasteiger partial charge in [-0.1, -0.05) is 0 Å². The predicted molar refractivity (Wildman–Crippen MR) is 76.7 cm³/mol. The van der Waals surface area contributed by atoms with Crippen molar-refractivity contribution in [3.05, 3.63) is 27.8 Å². The Morgan fingerprint density at radius 3 is 2.62 bits per heavy atom. The van der Waals surface area contributed by atoms with Gasteiger partial charge in [0.25, 0.3) is 5.69 Å². The van der Waals surface area contributed by atoms with E-state index in [1.807, 2.05) is 0 Å². The summed E-state index contributed by atoms with van der Waals surface area (Å²) in [6, 6.07) is 3.10. The van der Waals surface area contributed by atoms with E-state index < -0.39 is 4.92 Å². The molecule has 21 heavy (non-hydrogen) atoms. The zero-order chi connectivity index (χ0) is 15.4. The van der Waals surface area contributed by atoms with Crippen LogP contribution >= 0.6 is 0 Å². The van der Waals surface area contributed by atoms with Gasteiger partial charge in [0.15, 0.2) is 11.5 Å². The number of benzene rings is 1. The Morgan fingerprint density at radius 1 is 1.38 bits per heavy atom. The molecule has 1 unspecified atom stereocenters. The highest BCUT2D eigenvalue weighted by molar-refractivity contribution is 5.54. The molecule has 1 fully saturated rings. The van der Waals surface area contributed by atoms with Gasteiger partial charge >= 0.3 is 0 Å². The van der Waals surface area contributed by atoms with E-state index in [2.05, 4.69) is 4.90 Å². The normalized spacial score (nSPS) is 18.7. The van der Waals surface area contributed by atoms with Crippen LogP contribution < -0.4 is 9.47 Å². The lowest BCUT2D eigenvalue weighted by molar-refractivity contribution is -0.385. The maximum atomic E-state index is 11.3. The van der Waals surface area contributed by atoms with Crippen LogP contribution in [0.4, 0.5) is 5.69 Å². The monoisotopic (exact) mass is 296 g/mol. The Bertz CT molecular complexity index is 520. The molecule has 7 nitrogen and oxygen atoms in total. The van der Waals surface area contributed by atoms with Crippen molar-refractivity contribution in [2.75, 3.05) is 27.4 Å². The summed E-state index contributed by atoms with van der Waals surface area (Å²) in [5, 5.41) is 20.6. The molecule has 2 rings (SSSR count). The van der Waals surface area contributed by atoms with Crippen molar-refractivity contribution in [2.24, 2.45) is 0 Å². The van der Waals surface area contributed by atoms with E-state index in [1.54, 1.807) is 6.07 Å². The van der Waals surface area contributed by atoms with Gasteiger partial charge < -0.3 is 14.6 Å². The van der Waals surface area contributed by atoms with Crippen molar-refractivity contribution in [1.29, 1.82) is 0 Å². The number of likely N-dealkylation sites (tertiary alicyclic amines) is 1. The van der Waals surface area contributed by atoms with Crippen molar-refractivity contribution >= 4 is 5.69 Å². The Kier molecular flexibility index (Phi) is 4.98. The quantitative estimate of drug-likeness (QED) is 0.633. The summed E-state index contributed by atoms with van der Waals surface area (Å²) in [5.41, 5.74) is 0.578. The Morgan fingerprint density at radius 2 is 2.05 bits per heavy atom. The molecule has 116 valence electrons. The van der Waals surface area contributed by atoms with Gasteiger partial charge in [-0.2, -0.15) is 0 Å². The summed E-state index contributed by atoms with van der Waals surface area (Å²) in [7, 11) is 2.95. The SMILES string of the molecule is COc1cc(CN2CCCC2CO)c([N+](=O)[O-])cc1OC. The maximum absolute atomic E-state index is 11.3. The lowest BCUT2D eigenvalue weighted by atomic mass is 10.1. The van der Waals surface area contributed by atoms with Gasteiger partial charge in [0, 0.05) is 18.2 Å². The van der Waals surface area contributed by atoms with Gasteiger partial charge in [-0.05, 0) is 25.5 Å². The number of methoxy groups -OCH3 is 2. The number of nitro benzene ring substituents is 1. The molecule has 1 aliphatic heterocycles. The minimum atomic E-state index is -0.415. The summed E-state index contributed by atoms with van der Waals surface area (Å²) in [5.74, 6) is 0.811. The number of nitrogens with zero attached hydrogens (tertiary/aromatic N) is 2. The molecule has 1 aliphatic rings. The Balaban J connectivity index is 2.34. The molecule has 1 heterocycles. The summed E-state index contributed by atoms with van der Waals surface area (Å²) in [6.45, 7) is 1.32. The third-order valence-corrected chi connectivity index (χ3v) is 3.86. The average Bonchev–Trinajstić information content (AvgIpc) is 2.93. The lowest BCUT2D eigenvalue weighted by Gasteiger charge is -2.23. The van der Waals surface area contributed by atoms with Crippen LogP contribution in [-0.2, 0) is 6.54 Å². The minimum absolute atomic E-state index is 0.0104. The van der Waals surface area contributed by atoms with Crippen LogP contribution in [0.25, 0.3) is 0 Å². The summed E-state index contributed by atoms with van der Waals surface area (Å²) in [4.78, 5) is 12.9. The molecule has 0 bridgehead atoms. The maximum Gasteiger partial charge on any atom is 0.277 e. The second-order valence-corrected chi connectivity index (χ2v) is 5.04. The smallest absolute Gasteiger partial charge is 0.277 e. The van der Waals surface area contributed by atoms with Crippen molar-refractivity contribution in [3.8, 4) is 11.5 Å². The molecule has 0 radical (unpaired) electrons. The fourth-order valence-corrected chi connectivity index (χ4v) is 2.74. The van der Waals surface area contributed by atoms with Crippen molar-refractivity contribution in [3.63, 3.8) is 0 Å². The molecule has 1 atom stereocenters. The molecule has 0 spiro atoms. The van der Waals surface area contributed by atoms with Crippen LogP contribution in [-0.4, -0.2) is 48.3 Å². The fraction of sp³-hybridized carbons (Fsp3) is 0.571. The molecule has 0 aromatic heterocycles. The molecular weight excluding hydrogens is 276 g/mol. The molecule has 1 saturated heterocycles. The zero-order valence-corrected chi connectivity index (χ0v) is 12.2. The molecule has 1 aromatic carbocycles. The molecule has 7 heteroatoms. The number of rotatable bonds is 6. The van der Waals surface area contributed by atoms with E-state index in [0.29, 0.717) is 23.6 Å². The Hall–Kier alpha value is -1.86. The largest absolute Gasteiger partial charge is 0.493 e. The molecule has 0 saturated carbocycles. The van der Waals surface area contributed by atoms with E-state index in [9.17, 15) is 15.2 Å². The van der Waals surface area contributed by atoms with Crippen LogP contribution in [0.1, 0.15) is 18.4 Å². The highest BCUT2D eigenvalue weighted by Crippen LogP contribution is 2.35. The van der Waals surface area contributed by atoms with Crippen molar-refractivity contribution < 1.29 is 19.5 Å². The molecule has 1 N–H and O–H groups in total. The van der Waals surface area contributed by atoms with Crippen molar-refractivity contribution in [1.82, 2.24) is 4.90 Å². The van der Waals surface area contributed by atoms with Crippen LogP contribution in [0.5, 0.6) is 11.5 Å². The van der Waals surface area contributed by atoms with Gasteiger partial charge in [0.1, 0.15) is 0 Å². The zero-order valence-electron chi connectivity index (χ0n) is 12.2. The predicted octanol–water partition coefficient (Wildman–Crippen LogP) is 1.57. The van der Waals surface area contributed by atoms with E-state index in [0.717, 1.165) is 19.4 Å². The highest BCUT2D eigenvalue weighted by Gasteiger charge is 2.27. The third-order valence-electron chi connectivity index (χ3n) is 3.86. The first kappa shape index (κ1) is 15.5. The molecule has 0 amide bonds. The van der Waals surface area contributed by atoms with Gasteiger partial charge in [-0.15, -0.1) is 0 Å². The van der Waals surface area contributed by atoms with Crippen LogP contribution in [0.2, 0.25) is 0 Å². The molecule has 1 aromatic rings. The number of ether oxygens (including phenoxy) is 2. The minimum Gasteiger partial charge on any atom is -0.493 e. The number of aliphatic hydroxyl groups excluding tert-OH is 1. The van der Waals surface area contributed by atoms with E-state index in [4.69, 9.17) is 9.47 Å². The van der Waals surface area contributed by atoms with Gasteiger partial charge in [-0.3, -0.25) is 15.0 Å². The second-order valence-electron chi connectivity index (χ2n) is 5.04. The van der Waals surface area contributed by atoms with Crippen molar-refractivity contribution in [2.45, 2.75) is 25.4 Å². The lowest BCUT2D eigenvalue weighted by Crippen LogP contribution is -2.31. The number of hydrogen-bond donors (Lipinski definition) is 1. The van der Waals surface area contributed by atoms with E-state index in [-0.39, 0.29) is 18.3 Å². The van der Waals surface area contributed by atoms with Crippen LogP contribution in [0.3, 0.4) is 0 Å². The number of hydrogen-bond acceptors (Lipinski definition) is 6. The summed E-state index contributed by atoms with van der Waals surface area (Å²) in [6.07, 6.45) is 1.91. The number of nitro groups is 1. The standard InChI is InChI=1S/C14H20N2O5/c1-20-13-6-10(8-15-5-3-4-11(15)9-17)12(16(18)19)7-14(13)21-2/h6-7,11,17H,3-5,8-9H2,1-2H3. The summed E-state index contributed by atoms with van der Waals surface area (Å²) < 4.78 is 10.3. The van der Waals surface area contributed by atoms with Gasteiger partial charge in [0.2, 0.25) is 0 Å². The Labute approximate surface area is 123 Å². The highest BCUT2D eigenvalue weighted by atomic mass is 16.6. The number of aliphatic hydroxyl groups is 1. The van der Waals surface area contributed by atoms with E-state index in [1.165, 1.54) is 20.3 Å². The average molecular weight is 296 g/mol. The first-order valence-electron chi connectivity index (χ1n) is 6.85. The third kappa shape index (κ3) is 3.25. The van der Waals surface area contributed by atoms with Crippen LogP contribution in [0.15, 0.2) is 12.1 Å². The first-order chi connectivity index (χ1) is 10.1. The topological polar surface area (TPSA) is 85.1 Å².